The predicted octanol–water partition coefficient (Wildman–Crippen LogP) is -1.29. The summed E-state index contributed by atoms with van der Waals surface area (Å²) in [6.45, 7) is 0.330. The highest BCUT2D eigenvalue weighted by atomic mass is 32.2. The maximum atomic E-state index is 10.5. The molecule has 0 saturated carbocycles. The zero-order valence-electron chi connectivity index (χ0n) is 8.12. The Balaban J connectivity index is 4.76. The van der Waals surface area contributed by atoms with Crippen molar-refractivity contribution in [3.63, 3.8) is 0 Å². The highest BCUT2D eigenvalue weighted by Gasteiger charge is 2.38. The molecule has 4 N–H and O–H groups in total. The molecule has 0 aromatic heterocycles. The third-order valence-corrected chi connectivity index (χ3v) is 2.97. The largest absolute Gasteiger partial charge is 0.481 e. The zero-order valence-corrected chi connectivity index (χ0v) is 8.94. The second kappa shape index (κ2) is 4.88. The van der Waals surface area contributed by atoms with Crippen molar-refractivity contribution in [1.82, 2.24) is 0 Å². The summed E-state index contributed by atoms with van der Waals surface area (Å²) >= 11 is 0. The first-order valence-electron chi connectivity index (χ1n) is 4.11. The quantitative estimate of drug-likeness (QED) is 0.426. The maximum Gasteiger partial charge on any atom is 0.303 e. The van der Waals surface area contributed by atoms with Crippen molar-refractivity contribution in [2.45, 2.75) is 18.9 Å². The van der Waals surface area contributed by atoms with E-state index in [1.54, 1.807) is 0 Å². The van der Waals surface area contributed by atoms with Crippen LogP contribution in [0.3, 0.4) is 0 Å². The second-order valence-corrected chi connectivity index (χ2v) is 4.94. The lowest BCUT2D eigenvalue weighted by Crippen LogP contribution is -2.47. The first-order chi connectivity index (χ1) is 6.60. The molecule has 0 aliphatic carbocycles. The van der Waals surface area contributed by atoms with E-state index in [0.717, 1.165) is 0 Å². The third-order valence-electron chi connectivity index (χ3n) is 2.10. The number of aliphatic hydroxyl groups excluding tert-OH is 1. The lowest BCUT2D eigenvalue weighted by molar-refractivity contribution is -0.141. The summed E-state index contributed by atoms with van der Waals surface area (Å²) in [5, 5.41) is 26.9. The van der Waals surface area contributed by atoms with E-state index in [0.29, 0.717) is 0 Å². The number of hydrogen-bond donors (Lipinski definition) is 4. The average molecular weight is 242 g/mol. The fourth-order valence-electron chi connectivity index (χ4n) is 1.11. The molecule has 0 radical (unpaired) electrons. The molecule has 0 rings (SSSR count). The van der Waals surface area contributed by atoms with Crippen LogP contribution in [0, 0.1) is 5.92 Å². The molecular formula is C7H14O7S. The minimum Gasteiger partial charge on any atom is -0.481 e. The summed E-state index contributed by atoms with van der Waals surface area (Å²) in [4.78, 5) is 10.3. The number of aliphatic hydroxyl groups is 2. The fourth-order valence-corrected chi connectivity index (χ4v) is 2.12. The van der Waals surface area contributed by atoms with Gasteiger partial charge in [-0.25, -0.2) is 0 Å². The van der Waals surface area contributed by atoms with E-state index in [4.69, 9.17) is 14.8 Å². The minimum absolute atomic E-state index is 0.507. The lowest BCUT2D eigenvalue weighted by atomic mass is 9.89. The van der Waals surface area contributed by atoms with Crippen LogP contribution in [0.25, 0.3) is 0 Å². The Morgan fingerprint density at radius 1 is 1.47 bits per heavy atom. The van der Waals surface area contributed by atoms with Gasteiger partial charge in [-0.1, -0.05) is 6.92 Å². The van der Waals surface area contributed by atoms with Crippen LogP contribution < -0.4 is 0 Å². The molecule has 0 saturated heterocycles. The molecule has 90 valence electrons. The van der Waals surface area contributed by atoms with Crippen LogP contribution in [-0.4, -0.2) is 52.2 Å². The van der Waals surface area contributed by atoms with Gasteiger partial charge in [0.25, 0.3) is 10.1 Å². The van der Waals surface area contributed by atoms with E-state index >= 15 is 0 Å². The van der Waals surface area contributed by atoms with Gasteiger partial charge in [0.1, 0.15) is 11.4 Å². The molecule has 15 heavy (non-hydrogen) atoms. The van der Waals surface area contributed by atoms with Crippen LogP contribution in [-0.2, 0) is 14.9 Å². The van der Waals surface area contributed by atoms with E-state index in [1.807, 2.05) is 0 Å². The van der Waals surface area contributed by atoms with Gasteiger partial charge in [-0.05, 0) is 5.92 Å². The van der Waals surface area contributed by atoms with E-state index < -0.39 is 46.4 Å². The van der Waals surface area contributed by atoms with Crippen LogP contribution in [0.5, 0.6) is 0 Å². The van der Waals surface area contributed by atoms with Crippen molar-refractivity contribution in [3.05, 3.63) is 0 Å². The second-order valence-electron chi connectivity index (χ2n) is 3.49. The Morgan fingerprint density at radius 3 is 2.20 bits per heavy atom. The van der Waals surface area contributed by atoms with Crippen molar-refractivity contribution in [1.29, 1.82) is 0 Å². The zero-order chi connectivity index (χ0) is 12.3. The summed E-state index contributed by atoms with van der Waals surface area (Å²) < 4.78 is 29.6. The summed E-state index contributed by atoms with van der Waals surface area (Å²) in [5.74, 6) is -3.32. The topological polar surface area (TPSA) is 132 Å². The smallest absolute Gasteiger partial charge is 0.303 e. The Hall–Kier alpha value is -0.700. The number of hydrogen-bond acceptors (Lipinski definition) is 5. The van der Waals surface area contributed by atoms with Crippen molar-refractivity contribution < 1.29 is 33.1 Å². The molecule has 0 aromatic carbocycles. The third kappa shape index (κ3) is 5.07. The van der Waals surface area contributed by atoms with Crippen LogP contribution in [0.4, 0.5) is 0 Å². The first-order valence-corrected chi connectivity index (χ1v) is 5.72. The van der Waals surface area contributed by atoms with Gasteiger partial charge in [-0.15, -0.1) is 0 Å². The molecule has 0 aliphatic rings. The van der Waals surface area contributed by atoms with Gasteiger partial charge < -0.3 is 15.3 Å². The van der Waals surface area contributed by atoms with Crippen molar-refractivity contribution in [2.75, 3.05) is 12.4 Å². The molecule has 0 spiro atoms. The molecule has 0 aliphatic heterocycles. The normalized spacial score (nSPS) is 18.1. The number of carboxylic acid groups (broad SMARTS) is 1. The molecule has 0 fully saturated rings. The molecule has 7 nitrogen and oxygen atoms in total. The fraction of sp³-hybridized carbons (Fsp3) is 0.857. The van der Waals surface area contributed by atoms with Gasteiger partial charge in [-0.2, -0.15) is 8.42 Å². The lowest BCUT2D eigenvalue weighted by Gasteiger charge is -2.30. The summed E-state index contributed by atoms with van der Waals surface area (Å²) in [6.07, 6.45) is -0.507. The molecule has 2 atom stereocenters. The molecule has 0 aromatic rings. The molecule has 0 bridgehead atoms. The predicted molar refractivity (Wildman–Crippen MR) is 49.9 cm³/mol. The summed E-state index contributed by atoms with van der Waals surface area (Å²) in [5.41, 5.74) is -2.15. The number of carboxylic acids is 1. The first kappa shape index (κ1) is 14.3. The van der Waals surface area contributed by atoms with E-state index in [1.165, 1.54) is 6.92 Å². The summed E-state index contributed by atoms with van der Waals surface area (Å²) in [6, 6.07) is 0. The van der Waals surface area contributed by atoms with Crippen LogP contribution >= 0.6 is 0 Å². The van der Waals surface area contributed by atoms with Gasteiger partial charge in [0.2, 0.25) is 0 Å². The minimum atomic E-state index is -4.48. The number of aliphatic carboxylic acids is 1. The standard InChI is InChI=1S/C7H14O7S/c1-5(2-6(9)10)7(11,3-8)4-15(12,13)14/h5,8,11H,2-4H2,1H3,(H,9,10)(H,12,13,14). The van der Waals surface area contributed by atoms with Gasteiger partial charge in [0, 0.05) is 0 Å². The van der Waals surface area contributed by atoms with E-state index in [-0.39, 0.29) is 0 Å². The molecule has 0 heterocycles. The monoisotopic (exact) mass is 242 g/mol. The molecule has 8 heteroatoms. The van der Waals surface area contributed by atoms with Gasteiger partial charge >= 0.3 is 5.97 Å². The van der Waals surface area contributed by atoms with Gasteiger partial charge in [0.15, 0.2) is 0 Å². The Labute approximate surface area is 87.1 Å². The molecule has 2 unspecified atom stereocenters. The van der Waals surface area contributed by atoms with Crippen molar-refractivity contribution in [2.24, 2.45) is 5.92 Å². The SMILES string of the molecule is CC(CC(=O)O)C(O)(CO)CS(=O)(=O)O. The van der Waals surface area contributed by atoms with E-state index in [9.17, 15) is 18.3 Å². The van der Waals surface area contributed by atoms with Gasteiger partial charge in [0.05, 0.1) is 13.0 Å². The molecule has 0 amide bonds. The molecular weight excluding hydrogens is 228 g/mol. The number of rotatable bonds is 6. The highest BCUT2D eigenvalue weighted by molar-refractivity contribution is 7.85. The van der Waals surface area contributed by atoms with Crippen LogP contribution in [0.15, 0.2) is 0 Å². The van der Waals surface area contributed by atoms with E-state index in [2.05, 4.69) is 0 Å². The average Bonchev–Trinajstić information content (AvgIpc) is 1.99. The summed E-state index contributed by atoms with van der Waals surface area (Å²) in [7, 11) is -4.48. The Bertz CT molecular complexity index is 322. The van der Waals surface area contributed by atoms with Crippen LogP contribution in [0.2, 0.25) is 0 Å². The van der Waals surface area contributed by atoms with Gasteiger partial charge in [-0.3, -0.25) is 9.35 Å². The van der Waals surface area contributed by atoms with Crippen molar-refractivity contribution >= 4 is 16.1 Å². The Kier molecular flexibility index (Phi) is 4.65. The number of carbonyl (C=O) groups is 1. The highest BCUT2D eigenvalue weighted by Crippen LogP contribution is 2.22. The van der Waals surface area contributed by atoms with Crippen LogP contribution in [0.1, 0.15) is 13.3 Å². The Morgan fingerprint density at radius 2 is 1.93 bits per heavy atom. The van der Waals surface area contributed by atoms with Crippen molar-refractivity contribution in [3.8, 4) is 0 Å². The maximum absolute atomic E-state index is 10.5.